The van der Waals surface area contributed by atoms with E-state index in [1.165, 1.54) is 31.7 Å². The fourth-order valence-electron chi connectivity index (χ4n) is 3.02. The highest BCUT2D eigenvalue weighted by atomic mass is 16.2. The molecule has 144 valence electrons. The summed E-state index contributed by atoms with van der Waals surface area (Å²) >= 11 is 0. The van der Waals surface area contributed by atoms with Gasteiger partial charge in [-0.3, -0.25) is 14.6 Å². The minimum absolute atomic E-state index is 0.0192. The van der Waals surface area contributed by atoms with Gasteiger partial charge in [-0.25, -0.2) is 4.98 Å². The van der Waals surface area contributed by atoms with Gasteiger partial charge in [0.05, 0.1) is 6.20 Å². The summed E-state index contributed by atoms with van der Waals surface area (Å²) in [4.78, 5) is 37.1. The van der Waals surface area contributed by atoms with Crippen molar-refractivity contribution >= 4 is 11.8 Å². The van der Waals surface area contributed by atoms with E-state index in [2.05, 4.69) is 20.2 Å². The molecule has 7 heteroatoms. The molecule has 2 amide bonds. The second-order valence-corrected chi connectivity index (χ2v) is 6.91. The third-order valence-electron chi connectivity index (χ3n) is 4.83. The fraction of sp³-hybridized carbons (Fsp3) is 0.684. The highest BCUT2D eigenvalue weighted by Gasteiger charge is 2.20. The lowest BCUT2D eigenvalue weighted by Gasteiger charge is -2.30. The van der Waals surface area contributed by atoms with E-state index >= 15 is 0 Å². The molecule has 1 atom stereocenters. The number of nitrogens with one attached hydrogen (secondary N) is 1. The Labute approximate surface area is 156 Å². The number of nitrogens with zero attached hydrogens (tertiary/aromatic N) is 4. The molecule has 2 heterocycles. The average Bonchev–Trinajstić information content (AvgIpc) is 2.69. The van der Waals surface area contributed by atoms with Crippen LogP contribution in [0.4, 0.5) is 0 Å². The van der Waals surface area contributed by atoms with E-state index in [1.807, 2.05) is 13.8 Å². The maximum atomic E-state index is 12.8. The molecule has 1 aromatic heterocycles. The molecule has 1 N–H and O–H groups in total. The van der Waals surface area contributed by atoms with Gasteiger partial charge in [-0.05, 0) is 39.3 Å². The van der Waals surface area contributed by atoms with Crippen LogP contribution in [-0.2, 0) is 4.79 Å². The van der Waals surface area contributed by atoms with Crippen molar-refractivity contribution in [2.45, 2.75) is 52.0 Å². The van der Waals surface area contributed by atoms with Crippen molar-refractivity contribution in [3.63, 3.8) is 0 Å². The van der Waals surface area contributed by atoms with E-state index in [1.54, 1.807) is 11.1 Å². The number of hydrogen-bond acceptors (Lipinski definition) is 5. The van der Waals surface area contributed by atoms with Crippen LogP contribution in [0.2, 0.25) is 0 Å². The first-order chi connectivity index (χ1) is 12.6. The third-order valence-corrected chi connectivity index (χ3v) is 4.83. The molecule has 0 saturated carbocycles. The Morgan fingerprint density at radius 2 is 2.00 bits per heavy atom. The summed E-state index contributed by atoms with van der Waals surface area (Å²) < 4.78 is 0. The topological polar surface area (TPSA) is 78.4 Å². The molecular formula is C19H31N5O2. The van der Waals surface area contributed by atoms with Gasteiger partial charge in [0.2, 0.25) is 5.91 Å². The summed E-state index contributed by atoms with van der Waals surface area (Å²) in [5, 5.41) is 2.95. The van der Waals surface area contributed by atoms with Crippen LogP contribution in [0.15, 0.2) is 18.6 Å². The van der Waals surface area contributed by atoms with E-state index in [4.69, 9.17) is 0 Å². The Hall–Kier alpha value is -2.02. The monoisotopic (exact) mass is 361 g/mol. The second kappa shape index (κ2) is 10.9. The quantitative estimate of drug-likeness (QED) is 0.724. The van der Waals surface area contributed by atoms with Crippen LogP contribution < -0.4 is 5.32 Å². The van der Waals surface area contributed by atoms with Crippen LogP contribution in [0.3, 0.4) is 0 Å². The Morgan fingerprint density at radius 3 is 2.65 bits per heavy atom. The maximum Gasteiger partial charge on any atom is 0.274 e. The van der Waals surface area contributed by atoms with E-state index in [9.17, 15) is 9.59 Å². The molecule has 26 heavy (non-hydrogen) atoms. The van der Waals surface area contributed by atoms with Gasteiger partial charge in [-0.1, -0.05) is 13.3 Å². The molecule has 0 spiro atoms. The molecule has 2 rings (SSSR count). The van der Waals surface area contributed by atoms with Gasteiger partial charge in [-0.15, -0.1) is 0 Å². The zero-order chi connectivity index (χ0) is 18.8. The number of rotatable bonds is 9. The van der Waals surface area contributed by atoms with Crippen molar-refractivity contribution in [2.24, 2.45) is 0 Å². The number of carbonyl (C=O) groups excluding carboxylic acids is 2. The lowest BCUT2D eigenvalue weighted by molar-refractivity contribution is -0.121. The van der Waals surface area contributed by atoms with Crippen molar-refractivity contribution in [1.29, 1.82) is 0 Å². The molecule has 1 fully saturated rings. The standard InChI is InChI=1S/C19H31N5O2/c1-3-16(2)22-18(25)7-12-24(14-13-23-10-5-4-6-11-23)19(26)17-15-20-8-9-21-17/h8-9,15-16H,3-7,10-14H2,1-2H3,(H,22,25)/t16-/m0/s1. The van der Waals surface area contributed by atoms with Crippen LogP contribution in [0.25, 0.3) is 0 Å². The van der Waals surface area contributed by atoms with E-state index in [0.29, 0.717) is 25.2 Å². The first-order valence-corrected chi connectivity index (χ1v) is 9.67. The van der Waals surface area contributed by atoms with E-state index in [0.717, 1.165) is 26.1 Å². The lowest BCUT2D eigenvalue weighted by Crippen LogP contribution is -2.42. The molecule has 0 aliphatic carbocycles. The minimum Gasteiger partial charge on any atom is -0.354 e. The largest absolute Gasteiger partial charge is 0.354 e. The SMILES string of the molecule is CC[C@H](C)NC(=O)CCN(CCN1CCCCC1)C(=O)c1cnccn1. The first kappa shape index (κ1) is 20.3. The number of amides is 2. The summed E-state index contributed by atoms with van der Waals surface area (Å²) in [6.45, 7) is 8.02. The Balaban J connectivity index is 1.93. The molecule has 1 aromatic rings. The predicted octanol–water partition coefficient (Wildman–Crippen LogP) is 1.71. The summed E-state index contributed by atoms with van der Waals surface area (Å²) in [5.41, 5.74) is 0.327. The minimum atomic E-state index is -0.161. The summed E-state index contributed by atoms with van der Waals surface area (Å²) in [7, 11) is 0. The predicted molar refractivity (Wildman–Crippen MR) is 101 cm³/mol. The summed E-state index contributed by atoms with van der Waals surface area (Å²) in [6, 6.07) is 0.153. The number of likely N-dealkylation sites (tertiary alicyclic amines) is 1. The van der Waals surface area contributed by atoms with Crippen LogP contribution in [0, 0.1) is 0 Å². The van der Waals surface area contributed by atoms with Crippen molar-refractivity contribution in [3.8, 4) is 0 Å². The first-order valence-electron chi connectivity index (χ1n) is 9.67. The zero-order valence-electron chi connectivity index (χ0n) is 16.0. The highest BCUT2D eigenvalue weighted by molar-refractivity contribution is 5.92. The van der Waals surface area contributed by atoms with Crippen LogP contribution in [-0.4, -0.2) is 70.3 Å². The van der Waals surface area contributed by atoms with Gasteiger partial charge in [0.1, 0.15) is 5.69 Å². The fourth-order valence-corrected chi connectivity index (χ4v) is 3.02. The Morgan fingerprint density at radius 1 is 1.23 bits per heavy atom. The van der Waals surface area contributed by atoms with Gasteiger partial charge in [-0.2, -0.15) is 0 Å². The van der Waals surface area contributed by atoms with Gasteiger partial charge in [0.25, 0.3) is 5.91 Å². The zero-order valence-corrected chi connectivity index (χ0v) is 16.0. The van der Waals surface area contributed by atoms with Crippen LogP contribution >= 0.6 is 0 Å². The van der Waals surface area contributed by atoms with Crippen LogP contribution in [0.5, 0.6) is 0 Å². The molecule has 7 nitrogen and oxygen atoms in total. The van der Waals surface area contributed by atoms with E-state index < -0.39 is 0 Å². The number of hydrogen-bond donors (Lipinski definition) is 1. The normalized spacial score (nSPS) is 16.1. The molecule has 1 aliphatic rings. The lowest BCUT2D eigenvalue weighted by atomic mass is 10.1. The Kier molecular flexibility index (Phi) is 8.47. The smallest absolute Gasteiger partial charge is 0.274 e. The van der Waals surface area contributed by atoms with Crippen LogP contribution in [0.1, 0.15) is 56.4 Å². The molecule has 0 bridgehead atoms. The van der Waals surface area contributed by atoms with E-state index in [-0.39, 0.29) is 17.9 Å². The van der Waals surface area contributed by atoms with Crippen molar-refractivity contribution in [3.05, 3.63) is 24.3 Å². The third kappa shape index (κ3) is 6.71. The van der Waals surface area contributed by atoms with Gasteiger partial charge in [0.15, 0.2) is 0 Å². The van der Waals surface area contributed by atoms with Gasteiger partial charge >= 0.3 is 0 Å². The molecule has 0 radical (unpaired) electrons. The summed E-state index contributed by atoms with van der Waals surface area (Å²) in [5.74, 6) is -0.180. The second-order valence-electron chi connectivity index (χ2n) is 6.91. The highest BCUT2D eigenvalue weighted by Crippen LogP contribution is 2.09. The number of aromatic nitrogens is 2. The van der Waals surface area contributed by atoms with Gasteiger partial charge in [0, 0.05) is 44.5 Å². The molecule has 0 aromatic carbocycles. The number of piperidine rings is 1. The Bertz CT molecular complexity index is 560. The maximum absolute atomic E-state index is 12.8. The molecule has 1 aliphatic heterocycles. The number of carbonyl (C=O) groups is 2. The molecular weight excluding hydrogens is 330 g/mol. The van der Waals surface area contributed by atoms with Crippen molar-refractivity contribution < 1.29 is 9.59 Å². The van der Waals surface area contributed by atoms with Crippen molar-refractivity contribution in [1.82, 2.24) is 25.1 Å². The van der Waals surface area contributed by atoms with Gasteiger partial charge < -0.3 is 15.1 Å². The average molecular weight is 361 g/mol. The molecule has 1 saturated heterocycles. The van der Waals surface area contributed by atoms with Crippen molar-refractivity contribution in [2.75, 3.05) is 32.7 Å². The molecule has 0 unspecified atom stereocenters. The summed E-state index contributed by atoms with van der Waals surface area (Å²) in [6.07, 6.45) is 9.47.